The van der Waals surface area contributed by atoms with Gasteiger partial charge < -0.3 is 25.1 Å². The third-order valence-electron chi connectivity index (χ3n) is 5.17. The molecule has 6 nitrogen and oxygen atoms in total. The van der Waals surface area contributed by atoms with Crippen LogP contribution in [0.3, 0.4) is 0 Å². The Hall–Kier alpha value is -2.05. The fraction of sp³-hybridized carbons (Fsp3) is 0.571. The molecule has 1 aliphatic rings. The van der Waals surface area contributed by atoms with Gasteiger partial charge in [-0.15, -0.1) is 0 Å². The highest BCUT2D eigenvalue weighted by atomic mass is 16.3. The van der Waals surface area contributed by atoms with Crippen LogP contribution in [-0.2, 0) is 6.54 Å². The fourth-order valence-electron chi connectivity index (χ4n) is 3.52. The van der Waals surface area contributed by atoms with Crippen molar-refractivity contribution in [1.82, 2.24) is 15.5 Å². The van der Waals surface area contributed by atoms with E-state index in [-0.39, 0.29) is 6.10 Å². The van der Waals surface area contributed by atoms with E-state index in [0.29, 0.717) is 6.54 Å². The zero-order chi connectivity index (χ0) is 19.1. The number of piperidine rings is 1. The molecule has 3 rings (SSSR count). The van der Waals surface area contributed by atoms with E-state index in [1.807, 2.05) is 18.2 Å². The van der Waals surface area contributed by atoms with Gasteiger partial charge >= 0.3 is 0 Å². The lowest BCUT2D eigenvalue weighted by molar-refractivity contribution is 0.0823. The van der Waals surface area contributed by atoms with Crippen molar-refractivity contribution in [1.29, 1.82) is 0 Å². The lowest BCUT2D eigenvalue weighted by atomic mass is 10.1. The number of likely N-dealkylation sites (tertiary alicyclic amines) is 1. The van der Waals surface area contributed by atoms with Crippen molar-refractivity contribution in [2.75, 3.05) is 32.7 Å². The molecule has 3 N–H and O–H groups in total. The summed E-state index contributed by atoms with van der Waals surface area (Å²) in [5, 5.41) is 17.5. The van der Waals surface area contributed by atoms with Gasteiger partial charge in [0.15, 0.2) is 5.96 Å². The first-order chi connectivity index (χ1) is 13.2. The Labute approximate surface area is 161 Å². The van der Waals surface area contributed by atoms with Gasteiger partial charge in [0.05, 0.1) is 6.10 Å². The summed E-state index contributed by atoms with van der Waals surface area (Å²) >= 11 is 0. The number of hydrogen-bond donors (Lipinski definition) is 3. The molecule has 0 radical (unpaired) electrons. The van der Waals surface area contributed by atoms with Crippen LogP contribution in [0, 0.1) is 6.92 Å². The van der Waals surface area contributed by atoms with E-state index in [9.17, 15) is 5.11 Å². The molecule has 2 aromatic rings. The molecule has 0 saturated carbocycles. The summed E-state index contributed by atoms with van der Waals surface area (Å²) in [5.41, 5.74) is 2.09. The summed E-state index contributed by atoms with van der Waals surface area (Å²) in [6.07, 6.45) is 2.75. The van der Waals surface area contributed by atoms with Crippen molar-refractivity contribution >= 4 is 16.9 Å². The van der Waals surface area contributed by atoms with Gasteiger partial charge in [0.2, 0.25) is 0 Å². The number of aliphatic imine (C=N–C) groups is 1. The minimum atomic E-state index is -0.103. The van der Waals surface area contributed by atoms with E-state index >= 15 is 0 Å². The minimum Gasteiger partial charge on any atom is -0.459 e. The topological polar surface area (TPSA) is 73.0 Å². The van der Waals surface area contributed by atoms with Crippen molar-refractivity contribution in [3.05, 3.63) is 35.6 Å². The first-order valence-electron chi connectivity index (χ1n) is 10.1. The van der Waals surface area contributed by atoms with Gasteiger partial charge in [-0.25, -0.2) is 4.99 Å². The molecule has 6 heteroatoms. The van der Waals surface area contributed by atoms with Crippen molar-refractivity contribution in [3.63, 3.8) is 0 Å². The molecule has 148 valence electrons. The van der Waals surface area contributed by atoms with Crippen LogP contribution in [0.15, 0.2) is 33.7 Å². The molecular formula is C21H32N4O2. The van der Waals surface area contributed by atoms with E-state index in [1.165, 1.54) is 0 Å². The van der Waals surface area contributed by atoms with Crippen LogP contribution in [0.1, 0.15) is 37.5 Å². The molecule has 0 bridgehead atoms. The van der Waals surface area contributed by atoms with Gasteiger partial charge in [0, 0.05) is 37.1 Å². The minimum absolute atomic E-state index is 0.103. The van der Waals surface area contributed by atoms with Gasteiger partial charge in [-0.2, -0.15) is 0 Å². The molecule has 0 amide bonds. The normalized spacial score (nSPS) is 16.8. The van der Waals surface area contributed by atoms with E-state index in [0.717, 1.165) is 80.2 Å². The summed E-state index contributed by atoms with van der Waals surface area (Å²) < 4.78 is 5.95. The smallest absolute Gasteiger partial charge is 0.191 e. The number of hydrogen-bond acceptors (Lipinski definition) is 4. The maximum atomic E-state index is 9.58. The van der Waals surface area contributed by atoms with Crippen LogP contribution in [0.25, 0.3) is 11.0 Å². The van der Waals surface area contributed by atoms with Gasteiger partial charge in [0.1, 0.15) is 17.9 Å². The molecule has 1 fully saturated rings. The number of benzene rings is 1. The second kappa shape index (κ2) is 9.76. The van der Waals surface area contributed by atoms with Gasteiger partial charge in [0.25, 0.3) is 0 Å². The fourth-order valence-corrected chi connectivity index (χ4v) is 3.52. The Bertz CT molecular complexity index is 748. The third-order valence-corrected chi connectivity index (χ3v) is 5.17. The van der Waals surface area contributed by atoms with Gasteiger partial charge in [-0.05, 0) is 45.7 Å². The molecule has 0 unspecified atom stereocenters. The highest BCUT2D eigenvalue weighted by Gasteiger charge is 2.16. The Kier molecular flexibility index (Phi) is 7.12. The number of fused-ring (bicyclic) bond motifs is 1. The number of furan rings is 1. The van der Waals surface area contributed by atoms with Crippen molar-refractivity contribution in [3.8, 4) is 0 Å². The summed E-state index contributed by atoms with van der Waals surface area (Å²) in [7, 11) is 0. The quantitative estimate of drug-likeness (QED) is 0.396. The van der Waals surface area contributed by atoms with E-state index in [4.69, 9.17) is 4.42 Å². The molecule has 0 atom stereocenters. The Morgan fingerprint density at radius 3 is 2.78 bits per heavy atom. The highest BCUT2D eigenvalue weighted by molar-refractivity contribution is 5.82. The van der Waals surface area contributed by atoms with E-state index in [1.54, 1.807) is 0 Å². The van der Waals surface area contributed by atoms with Crippen LogP contribution in [0.2, 0.25) is 0 Å². The maximum absolute atomic E-state index is 9.58. The van der Waals surface area contributed by atoms with Crippen LogP contribution >= 0.6 is 0 Å². The van der Waals surface area contributed by atoms with Gasteiger partial charge in [-0.1, -0.05) is 18.2 Å². The lowest BCUT2D eigenvalue weighted by Gasteiger charge is -2.29. The standard InChI is InChI=1S/C21H32N4O2/c1-3-22-21(23-11-6-12-25-13-9-17(26)10-14-25)24-15-20-16(2)18-7-4-5-8-19(18)27-20/h4-5,7-8,17,26H,3,6,9-15H2,1-2H3,(H2,22,23,24). The average molecular weight is 373 g/mol. The van der Waals surface area contributed by atoms with Crippen LogP contribution in [-0.4, -0.2) is 54.8 Å². The van der Waals surface area contributed by atoms with E-state index < -0.39 is 0 Å². The molecule has 0 spiro atoms. The molecule has 0 aliphatic carbocycles. The monoisotopic (exact) mass is 372 g/mol. The van der Waals surface area contributed by atoms with Crippen LogP contribution in [0.5, 0.6) is 0 Å². The lowest BCUT2D eigenvalue weighted by Crippen LogP contribution is -2.40. The molecule has 1 aromatic heterocycles. The number of aliphatic hydroxyl groups is 1. The Morgan fingerprint density at radius 2 is 2.04 bits per heavy atom. The second-order valence-corrected chi connectivity index (χ2v) is 7.19. The number of nitrogens with one attached hydrogen (secondary N) is 2. The zero-order valence-corrected chi connectivity index (χ0v) is 16.5. The Balaban J connectivity index is 1.49. The SMILES string of the molecule is CCNC(=NCc1oc2ccccc2c1C)NCCCN1CCC(O)CC1. The average Bonchev–Trinajstić information content (AvgIpc) is 3.00. The predicted molar refractivity (Wildman–Crippen MR) is 110 cm³/mol. The number of aryl methyl sites for hydroxylation is 1. The van der Waals surface area contributed by atoms with Crippen molar-refractivity contribution in [2.45, 2.75) is 45.8 Å². The van der Waals surface area contributed by atoms with Crippen LogP contribution in [0.4, 0.5) is 0 Å². The number of guanidine groups is 1. The summed E-state index contributed by atoms with van der Waals surface area (Å²) in [5.74, 6) is 1.74. The highest BCUT2D eigenvalue weighted by Crippen LogP contribution is 2.25. The zero-order valence-electron chi connectivity index (χ0n) is 16.5. The molecule has 27 heavy (non-hydrogen) atoms. The first kappa shape index (κ1) is 19.7. The number of nitrogens with zero attached hydrogens (tertiary/aromatic N) is 2. The second-order valence-electron chi connectivity index (χ2n) is 7.19. The first-order valence-corrected chi connectivity index (χ1v) is 10.1. The maximum Gasteiger partial charge on any atom is 0.191 e. The van der Waals surface area contributed by atoms with Crippen LogP contribution < -0.4 is 10.6 Å². The third kappa shape index (κ3) is 5.47. The molecular weight excluding hydrogens is 340 g/mol. The Morgan fingerprint density at radius 1 is 1.26 bits per heavy atom. The summed E-state index contributed by atoms with van der Waals surface area (Å²) in [4.78, 5) is 7.11. The number of para-hydroxylation sites is 1. The van der Waals surface area contributed by atoms with Crippen molar-refractivity contribution in [2.24, 2.45) is 4.99 Å². The number of aliphatic hydroxyl groups excluding tert-OH is 1. The predicted octanol–water partition coefficient (Wildman–Crippen LogP) is 2.64. The summed E-state index contributed by atoms with van der Waals surface area (Å²) in [6, 6.07) is 8.11. The summed E-state index contributed by atoms with van der Waals surface area (Å²) in [6.45, 7) is 9.46. The van der Waals surface area contributed by atoms with Gasteiger partial charge in [-0.3, -0.25) is 0 Å². The molecule has 1 aliphatic heterocycles. The van der Waals surface area contributed by atoms with Crippen molar-refractivity contribution < 1.29 is 9.52 Å². The largest absolute Gasteiger partial charge is 0.459 e. The molecule has 1 saturated heterocycles. The molecule has 1 aromatic carbocycles. The molecule has 2 heterocycles. The van der Waals surface area contributed by atoms with E-state index in [2.05, 4.69) is 40.4 Å². The number of rotatable bonds is 7.